The molecule has 11 heteroatoms. The highest BCUT2D eigenvalue weighted by Crippen LogP contribution is 2.26. The van der Waals surface area contributed by atoms with Crippen LogP contribution in [-0.4, -0.2) is 46.7 Å². The van der Waals surface area contributed by atoms with Gasteiger partial charge in [-0.15, -0.1) is 0 Å². The molecule has 37 heavy (non-hydrogen) atoms. The predicted octanol–water partition coefficient (Wildman–Crippen LogP) is 4.74. The number of carbonyl (C=O) groups is 1. The maximum atomic E-state index is 13.4. The molecule has 4 rings (SSSR count). The van der Waals surface area contributed by atoms with Crippen LogP contribution in [0.25, 0.3) is 0 Å². The van der Waals surface area contributed by atoms with Gasteiger partial charge in [-0.05, 0) is 73.5 Å². The van der Waals surface area contributed by atoms with Crippen molar-refractivity contribution in [1.29, 1.82) is 0 Å². The van der Waals surface area contributed by atoms with Crippen molar-refractivity contribution in [2.45, 2.75) is 35.5 Å². The highest BCUT2D eigenvalue weighted by Gasteiger charge is 2.28. The van der Waals surface area contributed by atoms with Crippen molar-refractivity contribution in [2.75, 3.05) is 29.3 Å². The summed E-state index contributed by atoms with van der Waals surface area (Å²) in [6, 6.07) is 19.9. The maximum Gasteiger partial charge on any atom is 0.264 e. The quantitative estimate of drug-likeness (QED) is 0.428. The summed E-state index contributed by atoms with van der Waals surface area (Å²) >= 11 is 5.97. The Kier molecular flexibility index (Phi) is 8.53. The predicted molar refractivity (Wildman–Crippen MR) is 145 cm³/mol. The number of rotatable bonds is 8. The first-order valence-electron chi connectivity index (χ1n) is 11.9. The molecule has 1 N–H and O–H groups in total. The molecule has 0 saturated carbocycles. The first kappa shape index (κ1) is 27.1. The molecule has 1 aliphatic heterocycles. The van der Waals surface area contributed by atoms with E-state index in [-0.39, 0.29) is 15.5 Å². The monoisotopic (exact) mass is 561 g/mol. The molecule has 0 bridgehead atoms. The van der Waals surface area contributed by atoms with Crippen molar-refractivity contribution >= 4 is 48.9 Å². The second-order valence-corrected chi connectivity index (χ2v) is 12.9. The van der Waals surface area contributed by atoms with Crippen molar-refractivity contribution < 1.29 is 21.6 Å². The molecule has 0 spiro atoms. The summed E-state index contributed by atoms with van der Waals surface area (Å²) in [5.41, 5.74) is 0.635. The maximum absolute atomic E-state index is 13.4. The SMILES string of the molecule is O=C(CN(c1ccc(Cl)cc1)S(=O)(=O)c1ccccc1)Nc1ccc(S(=O)(=O)N2CCCCCC2)cc1. The minimum Gasteiger partial charge on any atom is -0.325 e. The number of amides is 1. The van der Waals surface area contributed by atoms with Gasteiger partial charge in [0.05, 0.1) is 15.5 Å². The Balaban J connectivity index is 1.52. The van der Waals surface area contributed by atoms with E-state index in [1.807, 2.05) is 0 Å². The van der Waals surface area contributed by atoms with Gasteiger partial charge in [0.25, 0.3) is 10.0 Å². The van der Waals surface area contributed by atoms with Gasteiger partial charge in [0, 0.05) is 23.8 Å². The fourth-order valence-corrected chi connectivity index (χ4v) is 7.20. The molecular weight excluding hydrogens is 534 g/mol. The summed E-state index contributed by atoms with van der Waals surface area (Å²) in [6.45, 7) is 0.501. The lowest BCUT2D eigenvalue weighted by atomic mass is 10.2. The van der Waals surface area contributed by atoms with E-state index in [1.165, 1.54) is 52.8 Å². The standard InChI is InChI=1S/C26H28ClN3O5S2/c27-21-10-14-23(15-11-21)30(37(34,35)24-8-4-3-5-9-24)20-26(31)28-22-12-16-25(17-13-22)36(32,33)29-18-6-1-2-7-19-29/h3-5,8-17H,1-2,6-7,18-20H2,(H,28,31). The smallest absolute Gasteiger partial charge is 0.264 e. The van der Waals surface area contributed by atoms with Gasteiger partial charge in [-0.25, -0.2) is 16.8 Å². The normalized spacial score (nSPS) is 15.1. The van der Waals surface area contributed by atoms with Crippen LogP contribution in [0.15, 0.2) is 88.7 Å². The third kappa shape index (κ3) is 6.51. The Labute approximate surface area is 223 Å². The number of carbonyl (C=O) groups excluding carboxylic acids is 1. The van der Waals surface area contributed by atoms with E-state index >= 15 is 0 Å². The van der Waals surface area contributed by atoms with Crippen molar-refractivity contribution in [2.24, 2.45) is 0 Å². The molecule has 0 aromatic heterocycles. The van der Waals surface area contributed by atoms with Gasteiger partial charge < -0.3 is 5.32 Å². The number of hydrogen-bond donors (Lipinski definition) is 1. The Morgan fingerprint density at radius 3 is 1.97 bits per heavy atom. The van der Waals surface area contributed by atoms with Gasteiger partial charge in [0.15, 0.2) is 0 Å². The molecule has 1 saturated heterocycles. The topological polar surface area (TPSA) is 104 Å². The summed E-state index contributed by atoms with van der Waals surface area (Å²) in [5, 5.41) is 3.10. The molecule has 1 fully saturated rings. The van der Waals surface area contributed by atoms with Gasteiger partial charge in [0.2, 0.25) is 15.9 Å². The average molecular weight is 562 g/mol. The highest BCUT2D eigenvalue weighted by atomic mass is 35.5. The number of nitrogens with zero attached hydrogens (tertiary/aromatic N) is 2. The number of anilines is 2. The first-order chi connectivity index (χ1) is 17.7. The van der Waals surface area contributed by atoms with E-state index in [9.17, 15) is 21.6 Å². The minimum absolute atomic E-state index is 0.0424. The lowest BCUT2D eigenvalue weighted by Crippen LogP contribution is -2.38. The number of hydrogen-bond acceptors (Lipinski definition) is 5. The van der Waals surface area contributed by atoms with Crippen LogP contribution in [0.5, 0.6) is 0 Å². The molecule has 1 aliphatic rings. The van der Waals surface area contributed by atoms with E-state index in [4.69, 9.17) is 11.6 Å². The highest BCUT2D eigenvalue weighted by molar-refractivity contribution is 7.92. The Bertz CT molecular complexity index is 1420. The molecule has 196 valence electrons. The zero-order chi connectivity index (χ0) is 26.5. The molecule has 1 heterocycles. The van der Waals surface area contributed by atoms with Crippen LogP contribution in [0.2, 0.25) is 5.02 Å². The molecule has 1 amide bonds. The van der Waals surface area contributed by atoms with Crippen LogP contribution in [0.1, 0.15) is 25.7 Å². The van der Waals surface area contributed by atoms with Crippen LogP contribution < -0.4 is 9.62 Å². The summed E-state index contributed by atoms with van der Waals surface area (Å²) in [6.07, 6.45) is 3.71. The van der Waals surface area contributed by atoms with Gasteiger partial charge in [-0.3, -0.25) is 9.10 Å². The zero-order valence-electron chi connectivity index (χ0n) is 20.1. The molecular formula is C26H28ClN3O5S2. The van der Waals surface area contributed by atoms with Gasteiger partial charge in [-0.1, -0.05) is 42.6 Å². The largest absolute Gasteiger partial charge is 0.325 e. The molecule has 0 radical (unpaired) electrons. The van der Waals surface area contributed by atoms with Crippen molar-refractivity contribution in [3.63, 3.8) is 0 Å². The van der Waals surface area contributed by atoms with E-state index < -0.39 is 32.5 Å². The Hall–Kier alpha value is -2.92. The van der Waals surface area contributed by atoms with E-state index in [0.717, 1.165) is 30.0 Å². The summed E-state index contributed by atoms with van der Waals surface area (Å²) in [5.74, 6) is -0.586. The molecule has 3 aromatic carbocycles. The number of halogens is 1. The second-order valence-electron chi connectivity index (χ2n) is 8.69. The van der Waals surface area contributed by atoms with Gasteiger partial charge in [-0.2, -0.15) is 4.31 Å². The second kappa shape index (κ2) is 11.6. The van der Waals surface area contributed by atoms with Crippen molar-refractivity contribution in [3.05, 3.63) is 83.9 Å². The van der Waals surface area contributed by atoms with Crippen LogP contribution in [0, 0.1) is 0 Å². The van der Waals surface area contributed by atoms with Crippen LogP contribution in [-0.2, 0) is 24.8 Å². The van der Waals surface area contributed by atoms with Crippen LogP contribution in [0.3, 0.4) is 0 Å². The summed E-state index contributed by atoms with van der Waals surface area (Å²) in [4.78, 5) is 13.1. The number of nitrogens with one attached hydrogen (secondary N) is 1. The number of benzene rings is 3. The lowest BCUT2D eigenvalue weighted by Gasteiger charge is -2.24. The molecule has 0 aliphatic carbocycles. The van der Waals surface area contributed by atoms with Crippen molar-refractivity contribution in [3.8, 4) is 0 Å². The molecule has 3 aromatic rings. The Morgan fingerprint density at radius 1 is 0.784 bits per heavy atom. The van der Waals surface area contributed by atoms with Crippen molar-refractivity contribution in [1.82, 2.24) is 4.31 Å². The van der Waals surface area contributed by atoms with E-state index in [2.05, 4.69) is 5.32 Å². The molecule has 8 nitrogen and oxygen atoms in total. The molecule has 0 atom stereocenters. The molecule has 0 unspecified atom stereocenters. The number of sulfonamides is 2. The fraction of sp³-hybridized carbons (Fsp3) is 0.269. The fourth-order valence-electron chi connectivity index (χ4n) is 4.11. The van der Waals surface area contributed by atoms with Crippen LogP contribution >= 0.6 is 11.6 Å². The average Bonchev–Trinajstić information content (AvgIpc) is 3.19. The van der Waals surface area contributed by atoms with Crippen LogP contribution in [0.4, 0.5) is 11.4 Å². The third-order valence-electron chi connectivity index (χ3n) is 6.07. The van der Waals surface area contributed by atoms with E-state index in [1.54, 1.807) is 30.3 Å². The summed E-state index contributed by atoms with van der Waals surface area (Å²) < 4.78 is 55.3. The van der Waals surface area contributed by atoms with Gasteiger partial charge >= 0.3 is 0 Å². The first-order valence-corrected chi connectivity index (χ1v) is 15.2. The third-order valence-corrected chi connectivity index (χ3v) is 10.0. The van der Waals surface area contributed by atoms with E-state index in [0.29, 0.717) is 23.8 Å². The van der Waals surface area contributed by atoms with Gasteiger partial charge in [0.1, 0.15) is 6.54 Å². The minimum atomic E-state index is -4.05. The Morgan fingerprint density at radius 2 is 1.38 bits per heavy atom. The summed E-state index contributed by atoms with van der Waals surface area (Å²) in [7, 11) is -7.67. The lowest BCUT2D eigenvalue weighted by molar-refractivity contribution is -0.114. The zero-order valence-corrected chi connectivity index (χ0v) is 22.5.